The summed E-state index contributed by atoms with van der Waals surface area (Å²) in [5.74, 6) is -0.961. The van der Waals surface area contributed by atoms with E-state index in [2.05, 4.69) is 10.6 Å². The second-order valence-corrected chi connectivity index (χ2v) is 6.58. The first-order valence-electron chi connectivity index (χ1n) is 7.47. The molecule has 5 heteroatoms. The van der Waals surface area contributed by atoms with Crippen molar-refractivity contribution < 1.29 is 9.59 Å². The van der Waals surface area contributed by atoms with Gasteiger partial charge in [-0.15, -0.1) is 0 Å². The molecule has 2 aromatic carbocycles. The smallest absolute Gasteiger partial charge is 0.313 e. The molecule has 0 fully saturated rings. The number of anilines is 1. The van der Waals surface area contributed by atoms with Crippen LogP contribution in [0, 0.1) is 5.92 Å². The molecule has 0 saturated heterocycles. The molecule has 23 heavy (non-hydrogen) atoms. The quantitative estimate of drug-likeness (QED) is 0.825. The number of carbonyl (C=O) groups excluding carboxylic acids is 2. The molecule has 0 spiro atoms. The summed E-state index contributed by atoms with van der Waals surface area (Å²) >= 11 is 1.54. The first-order chi connectivity index (χ1) is 11.1. The van der Waals surface area contributed by atoms with Gasteiger partial charge in [-0.3, -0.25) is 9.59 Å². The van der Waals surface area contributed by atoms with Gasteiger partial charge in [0.2, 0.25) is 0 Å². The summed E-state index contributed by atoms with van der Waals surface area (Å²) in [4.78, 5) is 25.7. The topological polar surface area (TPSA) is 58.2 Å². The van der Waals surface area contributed by atoms with E-state index in [4.69, 9.17) is 0 Å². The standard InChI is InChI=1S/C18H20N2O2S/c1-13(2)12-19-17(21)18(22)20-15-10-6-7-11-16(15)23-14-8-4-3-5-9-14/h3-11,13H,12H2,1-2H3,(H,19,21)(H,20,22). The van der Waals surface area contributed by atoms with Crippen LogP contribution in [0.2, 0.25) is 0 Å². The van der Waals surface area contributed by atoms with Crippen LogP contribution >= 0.6 is 11.8 Å². The van der Waals surface area contributed by atoms with Crippen molar-refractivity contribution in [3.8, 4) is 0 Å². The maximum Gasteiger partial charge on any atom is 0.313 e. The molecule has 0 unspecified atom stereocenters. The van der Waals surface area contributed by atoms with Gasteiger partial charge < -0.3 is 10.6 Å². The molecule has 2 aromatic rings. The third kappa shape index (κ3) is 5.45. The average molecular weight is 328 g/mol. The third-order valence-corrected chi connectivity index (χ3v) is 4.07. The van der Waals surface area contributed by atoms with Crippen molar-refractivity contribution in [3.05, 3.63) is 54.6 Å². The van der Waals surface area contributed by atoms with Crippen molar-refractivity contribution in [2.24, 2.45) is 5.92 Å². The van der Waals surface area contributed by atoms with Crippen LogP contribution in [-0.2, 0) is 9.59 Å². The molecule has 0 aliphatic heterocycles. The van der Waals surface area contributed by atoms with Gasteiger partial charge in [0.25, 0.3) is 0 Å². The minimum absolute atomic E-state index is 0.299. The number of hydrogen-bond donors (Lipinski definition) is 2. The predicted molar refractivity (Wildman–Crippen MR) is 93.5 cm³/mol. The highest BCUT2D eigenvalue weighted by Crippen LogP contribution is 2.33. The van der Waals surface area contributed by atoms with Gasteiger partial charge in [-0.2, -0.15) is 0 Å². The summed E-state index contributed by atoms with van der Waals surface area (Å²) in [5, 5.41) is 5.30. The fraction of sp³-hybridized carbons (Fsp3) is 0.222. The Hall–Kier alpha value is -2.27. The number of benzene rings is 2. The molecule has 2 amide bonds. The molecule has 0 atom stereocenters. The molecular formula is C18H20N2O2S. The summed E-state index contributed by atoms with van der Waals surface area (Å²) < 4.78 is 0. The molecule has 0 aliphatic rings. The molecule has 0 aromatic heterocycles. The Balaban J connectivity index is 2.05. The predicted octanol–water partition coefficient (Wildman–Crippen LogP) is 3.55. The van der Waals surface area contributed by atoms with Crippen molar-refractivity contribution in [2.45, 2.75) is 23.6 Å². The summed E-state index contributed by atoms with van der Waals surface area (Å²) in [6.45, 7) is 4.43. The Labute approximate surface area is 140 Å². The van der Waals surface area contributed by atoms with E-state index < -0.39 is 11.8 Å². The molecular weight excluding hydrogens is 308 g/mol. The van der Waals surface area contributed by atoms with Gasteiger partial charge >= 0.3 is 11.8 Å². The highest BCUT2D eigenvalue weighted by molar-refractivity contribution is 7.99. The van der Waals surface area contributed by atoms with Crippen molar-refractivity contribution in [1.82, 2.24) is 5.32 Å². The Morgan fingerprint density at radius 1 is 0.957 bits per heavy atom. The van der Waals surface area contributed by atoms with Crippen LogP contribution in [0.25, 0.3) is 0 Å². The van der Waals surface area contributed by atoms with Crippen molar-refractivity contribution in [3.63, 3.8) is 0 Å². The lowest BCUT2D eigenvalue weighted by atomic mass is 10.2. The Kier molecular flexibility index (Phi) is 6.23. The second-order valence-electron chi connectivity index (χ2n) is 5.47. The second kappa shape index (κ2) is 8.39. The van der Waals surface area contributed by atoms with Gasteiger partial charge in [0.1, 0.15) is 0 Å². The van der Waals surface area contributed by atoms with E-state index in [-0.39, 0.29) is 0 Å². The van der Waals surface area contributed by atoms with Gasteiger partial charge in [0, 0.05) is 16.3 Å². The van der Waals surface area contributed by atoms with Gasteiger partial charge in [0.15, 0.2) is 0 Å². The number of nitrogens with one attached hydrogen (secondary N) is 2. The molecule has 0 bridgehead atoms. The van der Waals surface area contributed by atoms with Gasteiger partial charge in [-0.25, -0.2) is 0 Å². The summed E-state index contributed by atoms with van der Waals surface area (Å²) in [5.41, 5.74) is 0.631. The van der Waals surface area contributed by atoms with Crippen LogP contribution < -0.4 is 10.6 Å². The molecule has 120 valence electrons. The van der Waals surface area contributed by atoms with E-state index in [0.29, 0.717) is 18.2 Å². The van der Waals surface area contributed by atoms with Gasteiger partial charge in [-0.05, 0) is 30.2 Å². The Morgan fingerprint density at radius 2 is 1.61 bits per heavy atom. The van der Waals surface area contributed by atoms with Crippen LogP contribution in [0.15, 0.2) is 64.4 Å². The summed E-state index contributed by atoms with van der Waals surface area (Å²) in [6, 6.07) is 17.3. The maximum absolute atomic E-state index is 12.0. The number of para-hydroxylation sites is 1. The van der Waals surface area contributed by atoms with Crippen LogP contribution in [0.5, 0.6) is 0 Å². The minimum Gasteiger partial charge on any atom is -0.348 e. The first-order valence-corrected chi connectivity index (χ1v) is 8.29. The maximum atomic E-state index is 12.0. The number of rotatable bonds is 5. The third-order valence-electron chi connectivity index (χ3n) is 2.98. The molecule has 0 saturated carbocycles. The fourth-order valence-corrected chi connectivity index (χ4v) is 2.75. The van der Waals surface area contributed by atoms with Crippen LogP contribution in [0.4, 0.5) is 5.69 Å². The van der Waals surface area contributed by atoms with Crippen LogP contribution in [-0.4, -0.2) is 18.4 Å². The van der Waals surface area contributed by atoms with Gasteiger partial charge in [-0.1, -0.05) is 55.9 Å². The van der Waals surface area contributed by atoms with Crippen molar-refractivity contribution in [2.75, 3.05) is 11.9 Å². The largest absolute Gasteiger partial charge is 0.348 e. The van der Waals surface area contributed by atoms with Crippen molar-refractivity contribution >= 4 is 29.3 Å². The zero-order valence-corrected chi connectivity index (χ0v) is 14.0. The highest BCUT2D eigenvalue weighted by atomic mass is 32.2. The molecule has 2 rings (SSSR count). The van der Waals surface area contributed by atoms with E-state index in [9.17, 15) is 9.59 Å². The summed E-state index contributed by atoms with van der Waals surface area (Å²) in [7, 11) is 0. The van der Waals surface area contributed by atoms with Crippen LogP contribution in [0.1, 0.15) is 13.8 Å². The lowest BCUT2D eigenvalue weighted by Crippen LogP contribution is -2.37. The zero-order valence-electron chi connectivity index (χ0n) is 13.2. The lowest BCUT2D eigenvalue weighted by molar-refractivity contribution is -0.136. The number of amides is 2. The van der Waals surface area contributed by atoms with E-state index in [1.165, 1.54) is 11.8 Å². The van der Waals surface area contributed by atoms with Crippen LogP contribution in [0.3, 0.4) is 0 Å². The van der Waals surface area contributed by atoms with Gasteiger partial charge in [0.05, 0.1) is 5.69 Å². The Morgan fingerprint density at radius 3 is 2.30 bits per heavy atom. The SMILES string of the molecule is CC(C)CNC(=O)C(=O)Nc1ccccc1Sc1ccccc1. The first kappa shape index (κ1) is 17.1. The number of hydrogen-bond acceptors (Lipinski definition) is 3. The highest BCUT2D eigenvalue weighted by Gasteiger charge is 2.15. The average Bonchev–Trinajstić information content (AvgIpc) is 2.55. The monoisotopic (exact) mass is 328 g/mol. The van der Waals surface area contributed by atoms with E-state index in [0.717, 1.165) is 9.79 Å². The fourth-order valence-electron chi connectivity index (χ4n) is 1.83. The zero-order chi connectivity index (χ0) is 16.7. The number of carbonyl (C=O) groups is 2. The molecule has 4 nitrogen and oxygen atoms in total. The normalized spacial score (nSPS) is 10.4. The molecule has 0 heterocycles. The van der Waals surface area contributed by atoms with E-state index in [1.54, 1.807) is 6.07 Å². The van der Waals surface area contributed by atoms with E-state index >= 15 is 0 Å². The van der Waals surface area contributed by atoms with E-state index in [1.807, 2.05) is 62.4 Å². The van der Waals surface area contributed by atoms with Crippen molar-refractivity contribution in [1.29, 1.82) is 0 Å². The lowest BCUT2D eigenvalue weighted by Gasteiger charge is -2.11. The molecule has 0 aliphatic carbocycles. The minimum atomic E-state index is -0.647. The molecule has 0 radical (unpaired) electrons. The Bertz CT molecular complexity index is 672. The molecule has 2 N–H and O–H groups in total. The summed E-state index contributed by atoms with van der Waals surface area (Å²) in [6.07, 6.45) is 0.